The summed E-state index contributed by atoms with van der Waals surface area (Å²) < 4.78 is 15.4. The van der Waals surface area contributed by atoms with Crippen molar-refractivity contribution in [3.63, 3.8) is 0 Å². The molecule has 0 radical (unpaired) electrons. The second-order valence-electron chi connectivity index (χ2n) is 11.2. The Bertz CT molecular complexity index is 1380. The number of aryl methyl sites for hydroxylation is 1. The Hall–Kier alpha value is -4.05. The van der Waals surface area contributed by atoms with Crippen LogP contribution in [0.4, 0.5) is 16.0 Å². The number of likely N-dealkylation sites (tertiary alicyclic amines) is 1. The molecule has 3 aromatic rings. The monoisotopic (exact) mass is 574 g/mol. The van der Waals surface area contributed by atoms with Crippen molar-refractivity contribution in [2.45, 2.75) is 45.1 Å². The van der Waals surface area contributed by atoms with Gasteiger partial charge in [-0.25, -0.2) is 14.8 Å². The van der Waals surface area contributed by atoms with E-state index in [2.05, 4.69) is 44.6 Å². The zero-order valence-corrected chi connectivity index (χ0v) is 24.1. The van der Waals surface area contributed by atoms with E-state index in [1.165, 1.54) is 19.2 Å². The third-order valence-electron chi connectivity index (χ3n) is 8.25. The molecule has 2 atom stereocenters. The van der Waals surface area contributed by atoms with Crippen molar-refractivity contribution in [1.29, 1.82) is 0 Å². The number of aliphatic carboxylic acids is 1. The van der Waals surface area contributed by atoms with Crippen LogP contribution < -0.4 is 15.5 Å². The van der Waals surface area contributed by atoms with Gasteiger partial charge in [-0.2, -0.15) is 4.39 Å². The van der Waals surface area contributed by atoms with Crippen LogP contribution in [0.5, 0.6) is 0 Å². The molecule has 222 valence electrons. The number of carbonyl (C=O) groups is 2. The Morgan fingerprint density at radius 1 is 1.05 bits per heavy atom. The molecule has 2 saturated heterocycles. The molecular weight excluding hydrogens is 535 g/mol. The number of hydrogen-bond donors (Lipinski definition) is 3. The minimum absolute atomic E-state index is 0.158. The lowest BCUT2D eigenvalue weighted by molar-refractivity contribution is -0.142. The van der Waals surface area contributed by atoms with E-state index >= 15 is 4.39 Å². The van der Waals surface area contributed by atoms with E-state index in [1.54, 1.807) is 4.90 Å². The lowest BCUT2D eigenvalue weighted by Gasteiger charge is -2.33. The molecule has 0 spiro atoms. The van der Waals surface area contributed by atoms with Crippen LogP contribution in [0.2, 0.25) is 0 Å². The van der Waals surface area contributed by atoms with Gasteiger partial charge >= 0.3 is 5.97 Å². The maximum absolute atomic E-state index is 15.4. The minimum Gasteiger partial charge on any atom is -0.480 e. The molecule has 1 amide bonds. The molecule has 0 saturated carbocycles. The van der Waals surface area contributed by atoms with Gasteiger partial charge in [-0.15, -0.1) is 0 Å². The number of aromatic nitrogens is 2. The number of amides is 1. The minimum atomic E-state index is -1.09. The molecule has 0 bridgehead atoms. The largest absolute Gasteiger partial charge is 0.480 e. The first kappa shape index (κ1) is 29.4. The Morgan fingerprint density at radius 2 is 1.81 bits per heavy atom. The van der Waals surface area contributed by atoms with Crippen molar-refractivity contribution in [1.82, 2.24) is 20.2 Å². The smallest absolute Gasteiger partial charge is 0.326 e. The molecule has 2 aliphatic heterocycles. The van der Waals surface area contributed by atoms with E-state index in [0.717, 1.165) is 41.9 Å². The van der Waals surface area contributed by atoms with Crippen LogP contribution in [0.3, 0.4) is 0 Å². The van der Waals surface area contributed by atoms with E-state index in [0.29, 0.717) is 25.9 Å². The summed E-state index contributed by atoms with van der Waals surface area (Å²) in [7, 11) is 0. The predicted octanol–water partition coefficient (Wildman–Crippen LogP) is 4.13. The molecule has 2 fully saturated rings. The highest BCUT2D eigenvalue weighted by atomic mass is 19.1. The van der Waals surface area contributed by atoms with Gasteiger partial charge in [0.05, 0.1) is 5.92 Å². The first-order valence-electron chi connectivity index (χ1n) is 14.8. The summed E-state index contributed by atoms with van der Waals surface area (Å²) in [5.41, 5.74) is 4.16. The molecule has 1 unspecified atom stereocenters. The molecule has 2 aliphatic rings. The molecule has 2 aromatic carbocycles. The van der Waals surface area contributed by atoms with Crippen LogP contribution >= 0.6 is 0 Å². The molecule has 0 aliphatic carbocycles. The van der Waals surface area contributed by atoms with Gasteiger partial charge in [0.2, 0.25) is 11.7 Å². The molecule has 1 aromatic heterocycles. The van der Waals surface area contributed by atoms with Crippen molar-refractivity contribution in [3.05, 3.63) is 71.8 Å². The van der Waals surface area contributed by atoms with Gasteiger partial charge in [0.25, 0.3) is 0 Å². The number of anilines is 2. The van der Waals surface area contributed by atoms with Crippen LogP contribution in [0.25, 0.3) is 11.1 Å². The topological polar surface area (TPSA) is 111 Å². The fourth-order valence-corrected chi connectivity index (χ4v) is 5.87. The van der Waals surface area contributed by atoms with Gasteiger partial charge < -0.3 is 25.5 Å². The van der Waals surface area contributed by atoms with Gasteiger partial charge in [-0.1, -0.05) is 48.5 Å². The molecule has 10 heteroatoms. The summed E-state index contributed by atoms with van der Waals surface area (Å²) >= 11 is 0. The van der Waals surface area contributed by atoms with E-state index in [9.17, 15) is 14.7 Å². The van der Waals surface area contributed by atoms with Crippen molar-refractivity contribution < 1.29 is 19.1 Å². The number of carboxylic acids is 1. The number of piperidine rings is 1. The van der Waals surface area contributed by atoms with Crippen molar-refractivity contribution >= 4 is 23.5 Å². The fourth-order valence-electron chi connectivity index (χ4n) is 5.87. The van der Waals surface area contributed by atoms with Crippen molar-refractivity contribution in [2.75, 3.05) is 49.5 Å². The number of nitrogens with one attached hydrogen (secondary N) is 2. The highest BCUT2D eigenvalue weighted by molar-refractivity contribution is 5.85. The highest BCUT2D eigenvalue weighted by Crippen LogP contribution is 2.27. The van der Waals surface area contributed by atoms with E-state index in [1.807, 2.05) is 36.4 Å². The van der Waals surface area contributed by atoms with Gasteiger partial charge in [-0.3, -0.25) is 4.79 Å². The third-order valence-corrected chi connectivity index (χ3v) is 8.25. The van der Waals surface area contributed by atoms with Gasteiger partial charge in [0.15, 0.2) is 11.6 Å². The summed E-state index contributed by atoms with van der Waals surface area (Å²) in [6, 6.07) is 14.8. The maximum atomic E-state index is 15.4. The second-order valence-corrected chi connectivity index (χ2v) is 11.2. The molecule has 9 nitrogen and oxygen atoms in total. The van der Waals surface area contributed by atoms with Gasteiger partial charge in [-0.05, 0) is 68.0 Å². The number of nitrogens with zero attached hydrogens (tertiary/aromatic N) is 4. The number of carboxylic acid groups (broad SMARTS) is 1. The molecule has 3 N–H and O–H groups in total. The zero-order chi connectivity index (χ0) is 29.5. The molecule has 42 heavy (non-hydrogen) atoms. The lowest BCUT2D eigenvalue weighted by atomic mass is 9.95. The van der Waals surface area contributed by atoms with E-state index in [4.69, 9.17) is 0 Å². The van der Waals surface area contributed by atoms with E-state index < -0.39 is 23.7 Å². The molecule has 5 rings (SSSR count). The number of hydrogen-bond acceptors (Lipinski definition) is 7. The normalized spacial score (nSPS) is 18.0. The van der Waals surface area contributed by atoms with Crippen LogP contribution in [0.15, 0.2) is 54.9 Å². The highest BCUT2D eigenvalue weighted by Gasteiger charge is 2.31. The SMILES string of the molecule is Cc1ccccc1-c1ccc(C[C@H](NC(=O)C2CCCN(c3ncnc(NCCN4CCCC4)c3F)C2)C(=O)O)cc1. The van der Waals surface area contributed by atoms with E-state index in [-0.39, 0.29) is 30.5 Å². The summed E-state index contributed by atoms with van der Waals surface area (Å²) in [5.74, 6) is -2.13. The Labute approximate surface area is 246 Å². The standard InChI is InChI=1S/C32H39FN6O3/c1-22-7-2-3-9-26(22)24-12-10-23(11-13-24)19-27(32(41)42)37-31(40)25-8-6-17-39(20-25)30-28(33)29(35-21-36-30)34-14-18-38-15-4-5-16-38/h2-3,7,9-13,21,25,27H,4-6,8,14-20H2,1H3,(H,37,40)(H,41,42)(H,34,35,36)/t25?,27-/m0/s1. The number of halogens is 1. The maximum Gasteiger partial charge on any atom is 0.326 e. The summed E-state index contributed by atoms with van der Waals surface area (Å²) in [4.78, 5) is 37.7. The average Bonchev–Trinajstić information content (AvgIpc) is 3.52. The Balaban J connectivity index is 1.19. The Kier molecular flexibility index (Phi) is 9.63. The van der Waals surface area contributed by atoms with Crippen LogP contribution in [0.1, 0.15) is 36.8 Å². The fraction of sp³-hybridized carbons (Fsp3) is 0.438. The quantitative estimate of drug-likeness (QED) is 0.314. The third kappa shape index (κ3) is 7.23. The van der Waals surface area contributed by atoms with Crippen LogP contribution in [-0.2, 0) is 16.0 Å². The second kappa shape index (κ2) is 13.7. The molecular formula is C32H39FN6O3. The zero-order valence-electron chi connectivity index (χ0n) is 24.1. The number of rotatable bonds is 11. The van der Waals surface area contributed by atoms with Crippen molar-refractivity contribution in [2.24, 2.45) is 5.92 Å². The number of benzene rings is 2. The predicted molar refractivity (Wildman–Crippen MR) is 161 cm³/mol. The van der Waals surface area contributed by atoms with Crippen LogP contribution in [0, 0.1) is 18.7 Å². The average molecular weight is 575 g/mol. The molecule has 3 heterocycles. The summed E-state index contributed by atoms with van der Waals surface area (Å²) in [6.07, 6.45) is 5.16. The van der Waals surface area contributed by atoms with Gasteiger partial charge in [0.1, 0.15) is 12.4 Å². The van der Waals surface area contributed by atoms with Crippen LogP contribution in [-0.4, -0.2) is 77.2 Å². The summed E-state index contributed by atoms with van der Waals surface area (Å²) in [5, 5.41) is 15.7. The lowest BCUT2D eigenvalue weighted by Crippen LogP contribution is -2.49. The number of carbonyl (C=O) groups excluding carboxylic acids is 1. The Morgan fingerprint density at radius 3 is 2.55 bits per heavy atom. The van der Waals surface area contributed by atoms with Gasteiger partial charge in [0, 0.05) is 32.6 Å². The van der Waals surface area contributed by atoms with Crippen molar-refractivity contribution in [3.8, 4) is 11.1 Å². The first-order chi connectivity index (χ1) is 20.4. The summed E-state index contributed by atoms with van der Waals surface area (Å²) in [6.45, 7) is 6.41. The first-order valence-corrected chi connectivity index (χ1v) is 14.8.